The maximum Gasteiger partial charge on any atom is 0.146 e. The summed E-state index contributed by atoms with van der Waals surface area (Å²) in [5, 5.41) is 0. The van der Waals surface area contributed by atoms with Crippen LogP contribution in [0.3, 0.4) is 0 Å². The highest BCUT2D eigenvalue weighted by molar-refractivity contribution is 6.90. The third-order valence-electron chi connectivity index (χ3n) is 4.23. The molecule has 0 rings (SSSR count). The molecule has 0 bridgehead atoms. The third-order valence-corrected chi connectivity index (χ3v) is 10.6. The van der Waals surface area contributed by atoms with E-state index in [1.54, 1.807) is 0 Å². The van der Waals surface area contributed by atoms with E-state index in [4.69, 9.17) is 4.74 Å². The highest BCUT2D eigenvalue weighted by Crippen LogP contribution is 2.40. The van der Waals surface area contributed by atoms with Crippen LogP contribution in [-0.4, -0.2) is 20.8 Å². The predicted octanol–water partition coefficient (Wildman–Crippen LogP) is 5.58. The van der Waals surface area contributed by atoms with E-state index in [1.807, 2.05) is 0 Å². The van der Waals surface area contributed by atoms with Gasteiger partial charge in [0, 0.05) is 0 Å². The van der Waals surface area contributed by atoms with Gasteiger partial charge in [-0.15, -0.1) is 5.54 Å². The summed E-state index contributed by atoms with van der Waals surface area (Å²) in [6.07, 6.45) is 5.48. The second-order valence-corrected chi connectivity index (χ2v) is 12.1. The Morgan fingerprint density at radius 1 is 0.950 bits per heavy atom. The maximum atomic E-state index is 5.74. The van der Waals surface area contributed by atoms with Crippen LogP contribution in [0.1, 0.15) is 61.8 Å². The molecular formula is C18H34OSi. The van der Waals surface area contributed by atoms with Crippen LogP contribution in [0.2, 0.25) is 16.6 Å². The van der Waals surface area contributed by atoms with Gasteiger partial charge in [0.05, 0.1) is 6.10 Å². The molecule has 20 heavy (non-hydrogen) atoms. The van der Waals surface area contributed by atoms with Crippen molar-refractivity contribution in [1.29, 1.82) is 0 Å². The van der Waals surface area contributed by atoms with Crippen molar-refractivity contribution in [3.63, 3.8) is 0 Å². The van der Waals surface area contributed by atoms with Crippen LogP contribution >= 0.6 is 0 Å². The van der Waals surface area contributed by atoms with Crippen LogP contribution in [0.25, 0.3) is 0 Å². The lowest BCUT2D eigenvalue weighted by Gasteiger charge is -2.38. The molecule has 0 aromatic rings. The van der Waals surface area contributed by atoms with Gasteiger partial charge in [-0.25, -0.2) is 0 Å². The van der Waals surface area contributed by atoms with Gasteiger partial charge >= 0.3 is 0 Å². The van der Waals surface area contributed by atoms with Crippen LogP contribution in [-0.2, 0) is 4.74 Å². The SMILES string of the molecule is CCC=C[C@H](C)OCC#C[Si](C(C)C)(C(C)C)C(C)C. The summed E-state index contributed by atoms with van der Waals surface area (Å²) in [6.45, 7) is 18.8. The van der Waals surface area contributed by atoms with Gasteiger partial charge in [0.1, 0.15) is 14.7 Å². The average molecular weight is 295 g/mol. The van der Waals surface area contributed by atoms with E-state index in [0.717, 1.165) is 6.42 Å². The molecule has 0 amide bonds. The molecule has 0 aliphatic heterocycles. The molecule has 1 atom stereocenters. The van der Waals surface area contributed by atoms with Crippen LogP contribution in [0.15, 0.2) is 12.2 Å². The second kappa shape index (κ2) is 9.42. The Balaban J connectivity index is 4.78. The highest BCUT2D eigenvalue weighted by atomic mass is 28.3. The van der Waals surface area contributed by atoms with Gasteiger partial charge in [0.25, 0.3) is 0 Å². The fourth-order valence-corrected chi connectivity index (χ4v) is 8.42. The Morgan fingerprint density at radius 2 is 1.45 bits per heavy atom. The molecule has 0 spiro atoms. The van der Waals surface area contributed by atoms with E-state index >= 15 is 0 Å². The van der Waals surface area contributed by atoms with Gasteiger partial charge in [-0.2, -0.15) is 0 Å². The quantitative estimate of drug-likeness (QED) is 0.338. The maximum absolute atomic E-state index is 5.74. The van der Waals surface area contributed by atoms with Gasteiger partial charge in [0.15, 0.2) is 0 Å². The first-order valence-corrected chi connectivity index (χ1v) is 10.3. The monoisotopic (exact) mass is 294 g/mol. The van der Waals surface area contributed by atoms with Crippen molar-refractivity contribution < 1.29 is 4.74 Å². The van der Waals surface area contributed by atoms with Crippen molar-refractivity contribution in [1.82, 2.24) is 0 Å². The van der Waals surface area contributed by atoms with E-state index in [-0.39, 0.29) is 6.10 Å². The fourth-order valence-electron chi connectivity index (χ4n) is 3.18. The number of hydrogen-bond acceptors (Lipinski definition) is 1. The topological polar surface area (TPSA) is 9.23 Å². The van der Waals surface area contributed by atoms with Gasteiger partial charge in [-0.1, -0.05) is 66.5 Å². The van der Waals surface area contributed by atoms with E-state index in [1.165, 1.54) is 0 Å². The molecule has 0 N–H and O–H groups in total. The van der Waals surface area contributed by atoms with Crippen molar-refractivity contribution >= 4 is 8.07 Å². The molecule has 0 fully saturated rings. The molecule has 0 aliphatic rings. The lowest BCUT2D eigenvalue weighted by atomic mass is 10.3. The lowest BCUT2D eigenvalue weighted by Crippen LogP contribution is -2.43. The summed E-state index contributed by atoms with van der Waals surface area (Å²) in [5.41, 5.74) is 5.75. The number of ether oxygens (including phenoxy) is 1. The minimum absolute atomic E-state index is 0.164. The molecule has 2 heteroatoms. The molecule has 116 valence electrons. The average Bonchev–Trinajstić information content (AvgIpc) is 2.34. The lowest BCUT2D eigenvalue weighted by molar-refractivity contribution is 0.127. The first kappa shape index (κ1) is 19.5. The van der Waals surface area contributed by atoms with Crippen molar-refractivity contribution in [2.24, 2.45) is 0 Å². The number of allylic oxidation sites excluding steroid dienone is 1. The normalized spacial score (nSPS) is 14.2. The standard InChI is InChI=1S/C18H34OSi/c1-9-10-12-18(8)19-13-11-14-20(15(2)3,16(4)5)17(6)7/h10,12,15-18H,9,13H2,1-8H3/t18-/m0/s1. The van der Waals surface area contributed by atoms with Crippen molar-refractivity contribution in [3.8, 4) is 11.5 Å². The molecular weight excluding hydrogens is 260 g/mol. The molecule has 0 aliphatic carbocycles. The second-order valence-electron chi connectivity index (χ2n) is 6.55. The van der Waals surface area contributed by atoms with Gasteiger partial charge in [-0.05, 0) is 30.0 Å². The summed E-state index contributed by atoms with van der Waals surface area (Å²) in [7, 11) is -1.58. The Kier molecular flexibility index (Phi) is 9.17. The zero-order chi connectivity index (χ0) is 15.8. The molecule has 1 nitrogen and oxygen atoms in total. The smallest absolute Gasteiger partial charge is 0.146 e. The number of hydrogen-bond donors (Lipinski definition) is 0. The first-order valence-electron chi connectivity index (χ1n) is 8.07. The van der Waals surface area contributed by atoms with Crippen molar-refractivity contribution in [3.05, 3.63) is 12.2 Å². The summed E-state index contributed by atoms with van der Waals surface area (Å²) in [6, 6.07) is 0. The zero-order valence-electron chi connectivity index (χ0n) is 14.8. The molecule has 0 radical (unpaired) electrons. The Morgan fingerprint density at radius 3 is 1.85 bits per heavy atom. The summed E-state index contributed by atoms with van der Waals surface area (Å²) < 4.78 is 5.74. The Hall–Kier alpha value is -0.523. The summed E-state index contributed by atoms with van der Waals surface area (Å²) >= 11 is 0. The molecule has 0 aromatic heterocycles. The third kappa shape index (κ3) is 5.46. The Labute approximate surface area is 128 Å². The van der Waals surface area contributed by atoms with Crippen LogP contribution in [0, 0.1) is 11.5 Å². The summed E-state index contributed by atoms with van der Waals surface area (Å²) in [5.74, 6) is 3.33. The summed E-state index contributed by atoms with van der Waals surface area (Å²) in [4.78, 5) is 0. The molecule has 0 saturated heterocycles. The highest BCUT2D eigenvalue weighted by Gasteiger charge is 2.41. The van der Waals surface area contributed by atoms with Crippen LogP contribution < -0.4 is 0 Å². The van der Waals surface area contributed by atoms with Crippen molar-refractivity contribution in [2.45, 2.75) is 84.5 Å². The Bertz CT molecular complexity index is 322. The largest absolute Gasteiger partial charge is 0.362 e. The van der Waals surface area contributed by atoms with Crippen LogP contribution in [0.4, 0.5) is 0 Å². The molecule has 0 saturated carbocycles. The molecule has 0 unspecified atom stereocenters. The van der Waals surface area contributed by atoms with E-state index in [2.05, 4.69) is 79.0 Å². The minimum Gasteiger partial charge on any atom is -0.362 e. The van der Waals surface area contributed by atoms with Crippen LogP contribution in [0.5, 0.6) is 0 Å². The van der Waals surface area contributed by atoms with E-state index < -0.39 is 8.07 Å². The fraction of sp³-hybridized carbons (Fsp3) is 0.778. The minimum atomic E-state index is -1.58. The van der Waals surface area contributed by atoms with Gasteiger partial charge < -0.3 is 4.74 Å². The van der Waals surface area contributed by atoms with E-state index in [0.29, 0.717) is 23.2 Å². The zero-order valence-corrected chi connectivity index (χ0v) is 15.8. The van der Waals surface area contributed by atoms with E-state index in [9.17, 15) is 0 Å². The van der Waals surface area contributed by atoms with Gasteiger partial charge in [0.2, 0.25) is 0 Å². The predicted molar refractivity (Wildman–Crippen MR) is 93.7 cm³/mol. The molecule has 0 heterocycles. The first-order chi connectivity index (χ1) is 9.28. The number of rotatable bonds is 7. The van der Waals surface area contributed by atoms with Gasteiger partial charge in [-0.3, -0.25) is 0 Å². The molecule has 0 aromatic carbocycles. The van der Waals surface area contributed by atoms with Crippen molar-refractivity contribution in [2.75, 3.05) is 6.61 Å².